The topological polar surface area (TPSA) is 79.7 Å². The highest BCUT2D eigenvalue weighted by molar-refractivity contribution is 5.81. The fourth-order valence-corrected chi connectivity index (χ4v) is 1.74. The molecule has 0 spiro atoms. The normalized spacial score (nSPS) is 19.9. The zero-order valence-electron chi connectivity index (χ0n) is 9.07. The number of carbonyl (C=O) groups excluding carboxylic acids is 1. The van der Waals surface area contributed by atoms with E-state index in [-0.39, 0.29) is 13.2 Å². The molecule has 2 rings (SSSR count). The minimum atomic E-state index is -1.00. The number of pyridine rings is 1. The van der Waals surface area contributed by atoms with Gasteiger partial charge in [0.25, 0.3) is 0 Å². The third kappa shape index (κ3) is 2.52. The van der Waals surface area contributed by atoms with Crippen molar-refractivity contribution < 1.29 is 19.4 Å². The van der Waals surface area contributed by atoms with E-state index in [2.05, 4.69) is 4.98 Å². The van der Waals surface area contributed by atoms with Crippen LogP contribution in [0.1, 0.15) is 12.0 Å². The maximum Gasteiger partial charge on any atom is 0.410 e. The van der Waals surface area contributed by atoms with E-state index >= 15 is 0 Å². The fourth-order valence-electron chi connectivity index (χ4n) is 1.74. The van der Waals surface area contributed by atoms with Crippen LogP contribution in [0.25, 0.3) is 0 Å². The first kappa shape index (κ1) is 11.4. The molecule has 1 amide bonds. The Morgan fingerprint density at radius 2 is 2.24 bits per heavy atom. The molecule has 0 bridgehead atoms. The summed E-state index contributed by atoms with van der Waals surface area (Å²) < 4.78 is 4.85. The van der Waals surface area contributed by atoms with Crippen molar-refractivity contribution in [2.75, 3.05) is 6.61 Å². The molecule has 1 aromatic rings. The van der Waals surface area contributed by atoms with E-state index in [9.17, 15) is 9.59 Å². The molecule has 1 saturated heterocycles. The number of amides is 1. The van der Waals surface area contributed by atoms with Gasteiger partial charge in [-0.1, -0.05) is 0 Å². The lowest BCUT2D eigenvalue weighted by molar-refractivity contribution is -0.145. The molecule has 17 heavy (non-hydrogen) atoms. The van der Waals surface area contributed by atoms with Gasteiger partial charge in [-0.2, -0.15) is 0 Å². The lowest BCUT2D eigenvalue weighted by atomic mass is 10.1. The average Bonchev–Trinajstić information content (AvgIpc) is 2.33. The highest BCUT2D eigenvalue weighted by Gasteiger charge is 2.34. The molecule has 2 heterocycles. The van der Waals surface area contributed by atoms with Crippen LogP contribution in [0.3, 0.4) is 0 Å². The maximum atomic E-state index is 11.5. The van der Waals surface area contributed by atoms with Crippen molar-refractivity contribution >= 4 is 12.1 Å². The highest BCUT2D eigenvalue weighted by atomic mass is 16.6. The highest BCUT2D eigenvalue weighted by Crippen LogP contribution is 2.17. The predicted octanol–water partition coefficient (Wildman–Crippen LogP) is 0.877. The van der Waals surface area contributed by atoms with Gasteiger partial charge in [0, 0.05) is 18.8 Å². The van der Waals surface area contributed by atoms with Gasteiger partial charge in [-0.25, -0.2) is 9.59 Å². The van der Waals surface area contributed by atoms with Gasteiger partial charge < -0.3 is 9.84 Å². The Bertz CT molecular complexity index is 421. The molecule has 0 aromatic carbocycles. The van der Waals surface area contributed by atoms with Crippen LogP contribution >= 0.6 is 0 Å². The van der Waals surface area contributed by atoms with Crippen LogP contribution in [0.4, 0.5) is 4.79 Å². The zero-order chi connectivity index (χ0) is 12.3. The summed E-state index contributed by atoms with van der Waals surface area (Å²) in [6.45, 7) is 0.376. The van der Waals surface area contributed by atoms with E-state index in [0.29, 0.717) is 6.42 Å². The molecule has 90 valence electrons. The van der Waals surface area contributed by atoms with Crippen LogP contribution in [0, 0.1) is 0 Å². The number of carboxylic acids is 1. The number of aliphatic carboxylic acids is 1. The first-order valence-corrected chi connectivity index (χ1v) is 5.23. The number of aromatic nitrogens is 1. The van der Waals surface area contributed by atoms with Crippen LogP contribution < -0.4 is 0 Å². The summed E-state index contributed by atoms with van der Waals surface area (Å²) in [5.41, 5.74) is 0.824. The van der Waals surface area contributed by atoms with Crippen LogP contribution in [0.2, 0.25) is 0 Å². The van der Waals surface area contributed by atoms with Gasteiger partial charge in [-0.15, -0.1) is 0 Å². The van der Waals surface area contributed by atoms with Crippen molar-refractivity contribution in [2.24, 2.45) is 0 Å². The summed E-state index contributed by atoms with van der Waals surface area (Å²) in [4.78, 5) is 27.7. The smallest absolute Gasteiger partial charge is 0.410 e. The van der Waals surface area contributed by atoms with Crippen molar-refractivity contribution in [1.29, 1.82) is 0 Å². The second kappa shape index (κ2) is 4.82. The molecule has 1 atom stereocenters. The van der Waals surface area contributed by atoms with Crippen LogP contribution in [-0.2, 0) is 16.1 Å². The Kier molecular flexibility index (Phi) is 3.22. The number of carboxylic acid groups (broad SMARTS) is 1. The number of nitrogens with zero attached hydrogens (tertiary/aromatic N) is 2. The van der Waals surface area contributed by atoms with Gasteiger partial charge in [-0.05, 0) is 17.7 Å². The van der Waals surface area contributed by atoms with Crippen molar-refractivity contribution in [3.8, 4) is 0 Å². The van der Waals surface area contributed by atoms with E-state index in [1.165, 1.54) is 4.90 Å². The van der Waals surface area contributed by atoms with E-state index in [1.54, 1.807) is 24.5 Å². The van der Waals surface area contributed by atoms with Gasteiger partial charge in [-0.3, -0.25) is 9.88 Å². The van der Waals surface area contributed by atoms with E-state index in [4.69, 9.17) is 9.84 Å². The lowest BCUT2D eigenvalue weighted by Crippen LogP contribution is -2.49. The van der Waals surface area contributed by atoms with Crippen molar-refractivity contribution in [3.05, 3.63) is 30.1 Å². The molecule has 1 aliphatic heterocycles. The monoisotopic (exact) mass is 236 g/mol. The Balaban J connectivity index is 2.15. The van der Waals surface area contributed by atoms with Crippen LogP contribution in [0.15, 0.2) is 24.5 Å². The molecule has 6 nitrogen and oxygen atoms in total. The molecule has 1 N–H and O–H groups in total. The molecule has 1 unspecified atom stereocenters. The largest absolute Gasteiger partial charge is 0.480 e. The summed E-state index contributed by atoms with van der Waals surface area (Å²) in [6, 6.07) is 2.66. The van der Waals surface area contributed by atoms with Gasteiger partial charge in [0.15, 0.2) is 0 Å². The quantitative estimate of drug-likeness (QED) is 0.842. The van der Waals surface area contributed by atoms with Gasteiger partial charge in [0.05, 0.1) is 13.2 Å². The SMILES string of the molecule is O=C(O)C1CCOC(=O)N1Cc1ccncc1. The van der Waals surface area contributed by atoms with E-state index in [0.717, 1.165) is 5.56 Å². The van der Waals surface area contributed by atoms with Gasteiger partial charge in [0.2, 0.25) is 0 Å². The lowest BCUT2D eigenvalue weighted by Gasteiger charge is -2.32. The number of carbonyl (C=O) groups is 2. The number of hydrogen-bond acceptors (Lipinski definition) is 4. The second-order valence-corrected chi connectivity index (χ2v) is 3.74. The standard InChI is InChI=1S/C11H12N2O4/c14-10(15)9-3-6-17-11(16)13(9)7-8-1-4-12-5-2-8/h1-2,4-5,9H,3,6-7H2,(H,14,15). The summed E-state index contributed by atoms with van der Waals surface area (Å²) in [5.74, 6) is -1.00. The van der Waals surface area contributed by atoms with Crippen molar-refractivity contribution in [3.63, 3.8) is 0 Å². The molecular formula is C11H12N2O4. The summed E-state index contributed by atoms with van der Waals surface area (Å²) in [6.07, 6.45) is 2.92. The summed E-state index contributed by atoms with van der Waals surface area (Å²) >= 11 is 0. The molecule has 1 fully saturated rings. The number of cyclic esters (lactones) is 1. The van der Waals surface area contributed by atoms with E-state index in [1.807, 2.05) is 0 Å². The number of rotatable bonds is 3. The molecular weight excluding hydrogens is 224 g/mol. The molecule has 0 saturated carbocycles. The molecule has 0 radical (unpaired) electrons. The fraction of sp³-hybridized carbons (Fsp3) is 0.364. The van der Waals surface area contributed by atoms with Gasteiger partial charge in [0.1, 0.15) is 6.04 Å². The first-order chi connectivity index (χ1) is 8.18. The zero-order valence-corrected chi connectivity index (χ0v) is 9.07. The minimum absolute atomic E-state index is 0.155. The maximum absolute atomic E-state index is 11.5. The van der Waals surface area contributed by atoms with Crippen molar-refractivity contribution in [1.82, 2.24) is 9.88 Å². The van der Waals surface area contributed by atoms with E-state index < -0.39 is 18.1 Å². The molecule has 1 aromatic heterocycles. The number of ether oxygens (including phenoxy) is 1. The summed E-state index contributed by atoms with van der Waals surface area (Å²) in [5, 5.41) is 9.04. The molecule has 6 heteroatoms. The second-order valence-electron chi connectivity index (χ2n) is 3.74. The summed E-state index contributed by atoms with van der Waals surface area (Å²) in [7, 11) is 0. The van der Waals surface area contributed by atoms with Crippen LogP contribution in [-0.4, -0.2) is 39.7 Å². The minimum Gasteiger partial charge on any atom is -0.480 e. The molecule has 0 aliphatic carbocycles. The Morgan fingerprint density at radius 1 is 1.53 bits per heavy atom. The third-order valence-corrected chi connectivity index (χ3v) is 2.61. The third-order valence-electron chi connectivity index (χ3n) is 2.61. The Morgan fingerprint density at radius 3 is 2.88 bits per heavy atom. The number of hydrogen-bond donors (Lipinski definition) is 1. The first-order valence-electron chi connectivity index (χ1n) is 5.23. The average molecular weight is 236 g/mol. The van der Waals surface area contributed by atoms with Crippen LogP contribution in [0.5, 0.6) is 0 Å². The van der Waals surface area contributed by atoms with Gasteiger partial charge >= 0.3 is 12.1 Å². The van der Waals surface area contributed by atoms with Crippen molar-refractivity contribution in [2.45, 2.75) is 19.0 Å². The Hall–Kier alpha value is -2.11. The predicted molar refractivity (Wildman–Crippen MR) is 57.2 cm³/mol. The molecule has 1 aliphatic rings. The Labute approximate surface area is 97.8 Å².